The van der Waals surface area contributed by atoms with Crippen LogP contribution in [0.15, 0.2) is 20.2 Å². The molecule has 8 nitrogen and oxygen atoms in total. The van der Waals surface area contributed by atoms with Crippen LogP contribution >= 0.6 is 0 Å². The zero-order valence-electron chi connectivity index (χ0n) is 10.3. The fourth-order valence-electron chi connectivity index (χ4n) is 1.45. The second-order valence-electron chi connectivity index (χ2n) is 3.84. The Labute approximate surface area is 102 Å². The Morgan fingerprint density at radius 1 is 1.39 bits per heavy atom. The van der Waals surface area contributed by atoms with Crippen LogP contribution in [-0.4, -0.2) is 19.3 Å². The lowest BCUT2D eigenvalue weighted by Gasteiger charge is -2.06. The molecule has 2 heterocycles. The lowest BCUT2D eigenvalue weighted by atomic mass is 10.6. The number of nitrogens with zero attached hydrogens (tertiary/aromatic N) is 4. The highest BCUT2D eigenvalue weighted by atomic mass is 16.4. The third-order valence-electron chi connectivity index (χ3n) is 2.40. The van der Waals surface area contributed by atoms with Crippen LogP contribution in [0.25, 0.3) is 0 Å². The average Bonchev–Trinajstić information content (AvgIpc) is 2.75. The highest BCUT2D eigenvalue weighted by Crippen LogP contribution is 2.02. The van der Waals surface area contributed by atoms with Crippen LogP contribution in [0.3, 0.4) is 0 Å². The summed E-state index contributed by atoms with van der Waals surface area (Å²) in [5.74, 6) is 1.22. The summed E-state index contributed by atoms with van der Waals surface area (Å²) in [7, 11) is 2.87. The van der Waals surface area contributed by atoms with Gasteiger partial charge in [0.05, 0.1) is 12.7 Å². The molecule has 18 heavy (non-hydrogen) atoms. The van der Waals surface area contributed by atoms with Crippen molar-refractivity contribution in [3.8, 4) is 0 Å². The van der Waals surface area contributed by atoms with Crippen LogP contribution in [0, 0.1) is 6.92 Å². The third kappa shape index (κ3) is 2.17. The highest BCUT2D eigenvalue weighted by molar-refractivity contribution is 5.29. The summed E-state index contributed by atoms with van der Waals surface area (Å²) in [5.41, 5.74) is -0.959. The molecule has 0 amide bonds. The smallest absolute Gasteiger partial charge is 0.346 e. The zero-order chi connectivity index (χ0) is 13.3. The van der Waals surface area contributed by atoms with Gasteiger partial charge in [0.25, 0.3) is 5.56 Å². The summed E-state index contributed by atoms with van der Waals surface area (Å²) in [6.45, 7) is 2.01. The van der Waals surface area contributed by atoms with Gasteiger partial charge in [0.1, 0.15) is 5.76 Å². The average molecular weight is 251 g/mol. The van der Waals surface area contributed by atoms with Gasteiger partial charge in [0, 0.05) is 14.1 Å². The van der Waals surface area contributed by atoms with Crippen LogP contribution in [0.4, 0.5) is 5.82 Å². The molecule has 0 aliphatic carbocycles. The molecule has 0 aromatic carbocycles. The van der Waals surface area contributed by atoms with Crippen molar-refractivity contribution in [1.82, 2.24) is 19.3 Å². The monoisotopic (exact) mass is 251 g/mol. The van der Waals surface area contributed by atoms with Gasteiger partial charge in [-0.3, -0.25) is 9.36 Å². The molecule has 0 saturated carbocycles. The fourth-order valence-corrected chi connectivity index (χ4v) is 1.45. The van der Waals surface area contributed by atoms with E-state index in [4.69, 9.17) is 4.42 Å². The molecular formula is C10H13N5O3. The van der Waals surface area contributed by atoms with Crippen LogP contribution in [0.1, 0.15) is 11.7 Å². The molecule has 0 radical (unpaired) electrons. The number of aromatic nitrogens is 4. The predicted molar refractivity (Wildman–Crippen MR) is 63.3 cm³/mol. The lowest BCUT2D eigenvalue weighted by Crippen LogP contribution is -2.39. The van der Waals surface area contributed by atoms with E-state index in [1.807, 2.05) is 0 Å². The van der Waals surface area contributed by atoms with Crippen molar-refractivity contribution in [2.75, 3.05) is 5.32 Å². The van der Waals surface area contributed by atoms with Gasteiger partial charge >= 0.3 is 5.69 Å². The van der Waals surface area contributed by atoms with Crippen molar-refractivity contribution in [3.63, 3.8) is 0 Å². The molecule has 0 aliphatic heterocycles. The van der Waals surface area contributed by atoms with Gasteiger partial charge in [-0.2, -0.15) is 0 Å². The first-order valence-electron chi connectivity index (χ1n) is 5.28. The number of nitrogens with one attached hydrogen (secondary N) is 1. The summed E-state index contributed by atoms with van der Waals surface area (Å²) in [6.07, 6.45) is 1.59. The number of hydrogen-bond donors (Lipinski definition) is 1. The van der Waals surface area contributed by atoms with E-state index in [-0.39, 0.29) is 12.4 Å². The van der Waals surface area contributed by atoms with Crippen LogP contribution < -0.4 is 16.6 Å². The second-order valence-corrected chi connectivity index (χ2v) is 3.84. The number of aryl methyl sites for hydroxylation is 2. The minimum absolute atomic E-state index is 0.0791. The third-order valence-corrected chi connectivity index (χ3v) is 2.40. The Morgan fingerprint density at radius 2 is 2.11 bits per heavy atom. The largest absolute Gasteiger partial charge is 0.444 e. The molecule has 2 aromatic heterocycles. The Bertz CT molecular complexity index is 682. The van der Waals surface area contributed by atoms with E-state index in [2.05, 4.69) is 15.4 Å². The van der Waals surface area contributed by atoms with Crippen molar-refractivity contribution in [3.05, 3.63) is 38.7 Å². The Balaban J connectivity index is 2.25. The van der Waals surface area contributed by atoms with E-state index in [1.165, 1.54) is 14.1 Å². The molecule has 0 saturated heterocycles. The van der Waals surface area contributed by atoms with Gasteiger partial charge in [0.2, 0.25) is 11.7 Å². The minimum Gasteiger partial charge on any atom is -0.444 e. The number of rotatable bonds is 3. The standard InChI is InChI=1S/C10H13N5O3/c1-6-4-11-7(18-6)5-12-8-9(16)14(2)10(17)15(3)13-8/h4H,5H2,1-3H3,(H,12,13). The van der Waals surface area contributed by atoms with Crippen LogP contribution in [0.2, 0.25) is 0 Å². The van der Waals surface area contributed by atoms with E-state index in [0.717, 1.165) is 9.25 Å². The van der Waals surface area contributed by atoms with Gasteiger partial charge in [0.15, 0.2) is 0 Å². The zero-order valence-corrected chi connectivity index (χ0v) is 10.3. The molecule has 8 heteroatoms. The summed E-state index contributed by atoms with van der Waals surface area (Å²) in [6, 6.07) is 0. The maximum absolute atomic E-state index is 11.7. The SMILES string of the molecule is Cc1cnc(CNc2nn(C)c(=O)n(C)c2=O)o1. The van der Waals surface area contributed by atoms with E-state index < -0.39 is 11.2 Å². The van der Waals surface area contributed by atoms with Gasteiger partial charge < -0.3 is 9.73 Å². The first-order valence-corrected chi connectivity index (χ1v) is 5.28. The predicted octanol–water partition coefficient (Wildman–Crippen LogP) is -0.612. The van der Waals surface area contributed by atoms with E-state index in [1.54, 1.807) is 13.1 Å². The molecule has 0 atom stereocenters. The molecule has 0 fully saturated rings. The van der Waals surface area contributed by atoms with E-state index >= 15 is 0 Å². The highest BCUT2D eigenvalue weighted by Gasteiger charge is 2.09. The van der Waals surface area contributed by atoms with Gasteiger partial charge in [-0.1, -0.05) is 0 Å². The van der Waals surface area contributed by atoms with Crippen molar-refractivity contribution in [2.24, 2.45) is 14.1 Å². The molecule has 0 bridgehead atoms. The normalized spacial score (nSPS) is 10.6. The first-order chi connectivity index (χ1) is 8.49. The van der Waals surface area contributed by atoms with Crippen LogP contribution in [-0.2, 0) is 20.6 Å². The van der Waals surface area contributed by atoms with Crippen molar-refractivity contribution in [2.45, 2.75) is 13.5 Å². The summed E-state index contributed by atoms with van der Waals surface area (Å²) < 4.78 is 7.32. The summed E-state index contributed by atoms with van der Waals surface area (Å²) in [4.78, 5) is 27.2. The maximum Gasteiger partial charge on any atom is 0.346 e. The number of anilines is 1. The molecule has 0 aliphatic rings. The molecule has 0 unspecified atom stereocenters. The first kappa shape index (κ1) is 12.1. The van der Waals surface area contributed by atoms with Gasteiger partial charge in [-0.25, -0.2) is 14.5 Å². The van der Waals surface area contributed by atoms with Gasteiger partial charge in [-0.15, -0.1) is 5.10 Å². The molecule has 2 rings (SSSR count). The van der Waals surface area contributed by atoms with E-state index in [0.29, 0.717) is 11.7 Å². The maximum atomic E-state index is 11.7. The quantitative estimate of drug-likeness (QED) is 0.781. The summed E-state index contributed by atoms with van der Waals surface area (Å²) >= 11 is 0. The Kier molecular flexibility index (Phi) is 3.00. The molecule has 1 N–H and O–H groups in total. The van der Waals surface area contributed by atoms with Crippen molar-refractivity contribution in [1.29, 1.82) is 0 Å². The number of oxazole rings is 1. The molecular weight excluding hydrogens is 238 g/mol. The van der Waals surface area contributed by atoms with Gasteiger partial charge in [-0.05, 0) is 6.92 Å². The van der Waals surface area contributed by atoms with E-state index in [9.17, 15) is 9.59 Å². The molecule has 96 valence electrons. The molecule has 2 aromatic rings. The van der Waals surface area contributed by atoms with Crippen molar-refractivity contribution < 1.29 is 4.42 Å². The Morgan fingerprint density at radius 3 is 2.72 bits per heavy atom. The lowest BCUT2D eigenvalue weighted by molar-refractivity contribution is 0.478. The topological polar surface area (TPSA) is 95.0 Å². The Hall–Kier alpha value is -2.38. The summed E-state index contributed by atoms with van der Waals surface area (Å²) in [5, 5.41) is 6.64. The number of hydrogen-bond acceptors (Lipinski definition) is 6. The van der Waals surface area contributed by atoms with Crippen molar-refractivity contribution >= 4 is 5.82 Å². The second kappa shape index (κ2) is 4.47. The van der Waals surface area contributed by atoms with Crippen LogP contribution in [0.5, 0.6) is 0 Å². The molecule has 0 spiro atoms. The fraction of sp³-hybridized carbons (Fsp3) is 0.400. The minimum atomic E-state index is -0.485.